The summed E-state index contributed by atoms with van der Waals surface area (Å²) in [7, 11) is -4.23. The van der Waals surface area contributed by atoms with Crippen molar-refractivity contribution in [2.45, 2.75) is 4.90 Å². The molecule has 0 aliphatic heterocycles. The topological polar surface area (TPSA) is 99.3 Å². The molecule has 0 saturated carbocycles. The molecule has 0 spiro atoms. The number of nitrogens with zero attached hydrogens (tertiary/aromatic N) is 2. The Hall–Kier alpha value is -3.03. The van der Waals surface area contributed by atoms with Gasteiger partial charge in [-0.1, -0.05) is 30.3 Å². The van der Waals surface area contributed by atoms with Crippen molar-refractivity contribution in [2.75, 3.05) is 0 Å². The maximum atomic E-state index is 11.0. The second kappa shape index (κ2) is 6.84. The van der Waals surface area contributed by atoms with E-state index in [2.05, 4.69) is 10.2 Å². The SMILES string of the molecule is O=S(=O)(O)c1ccc(N=Nc2ccc(O)c(-c3ccccc3)c2)cc1. The van der Waals surface area contributed by atoms with Crippen molar-refractivity contribution in [3.8, 4) is 16.9 Å². The molecule has 0 atom stereocenters. The highest BCUT2D eigenvalue weighted by Crippen LogP contribution is 2.33. The van der Waals surface area contributed by atoms with Crippen LogP contribution in [0.4, 0.5) is 11.4 Å². The molecule has 0 fully saturated rings. The fourth-order valence-corrected chi connectivity index (χ4v) is 2.72. The van der Waals surface area contributed by atoms with Gasteiger partial charge in [-0.15, -0.1) is 0 Å². The third-order valence-corrected chi connectivity index (χ3v) is 4.35. The van der Waals surface area contributed by atoms with Crippen LogP contribution in [0, 0.1) is 0 Å². The zero-order valence-electron chi connectivity index (χ0n) is 12.9. The molecule has 0 radical (unpaired) electrons. The lowest BCUT2D eigenvalue weighted by Gasteiger charge is -2.05. The van der Waals surface area contributed by atoms with Gasteiger partial charge in [0.1, 0.15) is 5.75 Å². The summed E-state index contributed by atoms with van der Waals surface area (Å²) in [5.41, 5.74) is 2.46. The van der Waals surface area contributed by atoms with E-state index in [1.807, 2.05) is 30.3 Å². The van der Waals surface area contributed by atoms with Crippen LogP contribution in [0.5, 0.6) is 5.75 Å². The number of phenols is 1. The molecule has 0 amide bonds. The first kappa shape index (κ1) is 16.8. The Morgan fingerprint density at radius 1 is 0.760 bits per heavy atom. The molecule has 3 aromatic rings. The Balaban J connectivity index is 1.87. The Morgan fingerprint density at radius 2 is 1.36 bits per heavy atom. The summed E-state index contributed by atoms with van der Waals surface area (Å²) >= 11 is 0. The fourth-order valence-electron chi connectivity index (χ4n) is 2.24. The van der Waals surface area contributed by atoms with Crippen molar-refractivity contribution in [1.29, 1.82) is 0 Å². The molecular weight excluding hydrogens is 340 g/mol. The first-order valence-electron chi connectivity index (χ1n) is 7.31. The highest BCUT2D eigenvalue weighted by Gasteiger charge is 2.08. The fraction of sp³-hybridized carbons (Fsp3) is 0. The van der Waals surface area contributed by atoms with Crippen LogP contribution < -0.4 is 0 Å². The summed E-state index contributed by atoms with van der Waals surface area (Å²) in [6.07, 6.45) is 0. The van der Waals surface area contributed by atoms with E-state index in [1.54, 1.807) is 12.1 Å². The van der Waals surface area contributed by atoms with Crippen LogP contribution >= 0.6 is 0 Å². The van der Waals surface area contributed by atoms with Crippen molar-refractivity contribution < 1.29 is 18.1 Å². The van der Waals surface area contributed by atoms with E-state index in [0.29, 0.717) is 16.9 Å². The zero-order valence-corrected chi connectivity index (χ0v) is 13.8. The van der Waals surface area contributed by atoms with E-state index in [9.17, 15) is 13.5 Å². The largest absolute Gasteiger partial charge is 0.507 e. The lowest BCUT2D eigenvalue weighted by atomic mass is 10.0. The second-order valence-corrected chi connectivity index (χ2v) is 6.66. The summed E-state index contributed by atoms with van der Waals surface area (Å²) in [6.45, 7) is 0. The Morgan fingerprint density at radius 3 is 2.00 bits per heavy atom. The standard InChI is InChI=1S/C18H14N2O4S/c21-18-11-8-15(12-17(18)13-4-2-1-3-5-13)20-19-14-6-9-16(10-7-14)25(22,23)24/h1-12,21H,(H,22,23,24). The van der Waals surface area contributed by atoms with Gasteiger partial charge in [-0.2, -0.15) is 18.6 Å². The van der Waals surface area contributed by atoms with Crippen molar-refractivity contribution in [1.82, 2.24) is 0 Å². The van der Waals surface area contributed by atoms with Crippen LogP contribution in [0.15, 0.2) is 87.9 Å². The van der Waals surface area contributed by atoms with Gasteiger partial charge in [0.05, 0.1) is 16.3 Å². The molecule has 0 bridgehead atoms. The number of azo groups is 1. The van der Waals surface area contributed by atoms with E-state index >= 15 is 0 Å². The maximum absolute atomic E-state index is 11.0. The second-order valence-electron chi connectivity index (χ2n) is 5.24. The van der Waals surface area contributed by atoms with Gasteiger partial charge >= 0.3 is 0 Å². The van der Waals surface area contributed by atoms with Gasteiger partial charge in [-0.3, -0.25) is 4.55 Å². The predicted molar refractivity (Wildman–Crippen MR) is 94.0 cm³/mol. The number of hydrogen-bond acceptors (Lipinski definition) is 5. The Labute approximate surface area is 144 Å². The number of rotatable bonds is 4. The molecule has 0 unspecified atom stereocenters. The molecule has 0 aromatic heterocycles. The number of benzene rings is 3. The molecule has 0 aliphatic rings. The first-order chi connectivity index (χ1) is 11.9. The van der Waals surface area contributed by atoms with E-state index in [-0.39, 0.29) is 10.6 Å². The molecule has 3 aromatic carbocycles. The predicted octanol–water partition coefficient (Wildman–Crippen LogP) is 4.72. The van der Waals surface area contributed by atoms with Gasteiger partial charge in [0.2, 0.25) is 0 Å². The number of hydrogen-bond donors (Lipinski definition) is 2. The van der Waals surface area contributed by atoms with Crippen LogP contribution in [-0.4, -0.2) is 18.1 Å². The quantitative estimate of drug-likeness (QED) is 0.523. The molecule has 0 aliphatic carbocycles. The molecule has 6 nitrogen and oxygen atoms in total. The maximum Gasteiger partial charge on any atom is 0.294 e. The van der Waals surface area contributed by atoms with E-state index in [1.165, 1.54) is 30.3 Å². The molecule has 0 heterocycles. The molecule has 0 saturated heterocycles. The summed E-state index contributed by atoms with van der Waals surface area (Å²) in [4.78, 5) is -0.206. The lowest BCUT2D eigenvalue weighted by molar-refractivity contribution is 0.477. The highest BCUT2D eigenvalue weighted by atomic mass is 32.2. The highest BCUT2D eigenvalue weighted by molar-refractivity contribution is 7.85. The van der Waals surface area contributed by atoms with E-state index < -0.39 is 10.1 Å². The van der Waals surface area contributed by atoms with Crippen LogP contribution in [0.2, 0.25) is 0 Å². The minimum Gasteiger partial charge on any atom is -0.507 e. The normalized spacial score (nSPS) is 11.7. The van der Waals surface area contributed by atoms with Gasteiger partial charge in [-0.25, -0.2) is 0 Å². The van der Waals surface area contributed by atoms with Crippen molar-refractivity contribution in [3.05, 3.63) is 72.8 Å². The number of aromatic hydroxyl groups is 1. The smallest absolute Gasteiger partial charge is 0.294 e. The van der Waals surface area contributed by atoms with Crippen LogP contribution in [0.1, 0.15) is 0 Å². The third-order valence-electron chi connectivity index (χ3n) is 3.48. The molecule has 3 rings (SSSR count). The molecule has 126 valence electrons. The molecule has 7 heteroatoms. The van der Waals surface area contributed by atoms with E-state index in [0.717, 1.165) is 5.56 Å². The van der Waals surface area contributed by atoms with Crippen LogP contribution in [-0.2, 0) is 10.1 Å². The van der Waals surface area contributed by atoms with Crippen LogP contribution in [0.3, 0.4) is 0 Å². The third kappa shape index (κ3) is 4.09. The van der Waals surface area contributed by atoms with Gasteiger partial charge in [0.25, 0.3) is 10.1 Å². The van der Waals surface area contributed by atoms with Gasteiger partial charge in [0.15, 0.2) is 0 Å². The van der Waals surface area contributed by atoms with Crippen molar-refractivity contribution in [3.63, 3.8) is 0 Å². The molecule has 25 heavy (non-hydrogen) atoms. The summed E-state index contributed by atoms with van der Waals surface area (Å²) in [5, 5.41) is 18.2. The Bertz CT molecular complexity index is 1010. The Kier molecular flexibility index (Phi) is 4.60. The summed E-state index contributed by atoms with van der Waals surface area (Å²) in [5.74, 6) is 0.141. The zero-order chi connectivity index (χ0) is 17.9. The van der Waals surface area contributed by atoms with Gasteiger partial charge in [-0.05, 0) is 48.0 Å². The van der Waals surface area contributed by atoms with Gasteiger partial charge < -0.3 is 5.11 Å². The van der Waals surface area contributed by atoms with Crippen molar-refractivity contribution >= 4 is 21.5 Å². The summed E-state index contributed by atoms with van der Waals surface area (Å²) in [6, 6.07) is 19.6. The monoisotopic (exact) mass is 354 g/mol. The minimum atomic E-state index is -4.23. The van der Waals surface area contributed by atoms with E-state index in [4.69, 9.17) is 4.55 Å². The summed E-state index contributed by atoms with van der Waals surface area (Å²) < 4.78 is 31.0. The number of phenolic OH excluding ortho intramolecular Hbond substituents is 1. The van der Waals surface area contributed by atoms with Crippen LogP contribution in [0.25, 0.3) is 11.1 Å². The average Bonchev–Trinajstić information content (AvgIpc) is 2.61. The first-order valence-corrected chi connectivity index (χ1v) is 8.75. The average molecular weight is 354 g/mol. The lowest BCUT2D eigenvalue weighted by Crippen LogP contribution is -1.96. The molecular formula is C18H14N2O4S. The van der Waals surface area contributed by atoms with Gasteiger partial charge in [0, 0.05) is 5.56 Å². The van der Waals surface area contributed by atoms with Crippen molar-refractivity contribution in [2.24, 2.45) is 10.2 Å². The minimum absolute atomic E-state index is 0.141. The molecule has 2 N–H and O–H groups in total.